The van der Waals surface area contributed by atoms with Crippen molar-refractivity contribution < 1.29 is 4.42 Å². The molecule has 0 aliphatic carbocycles. The minimum absolute atomic E-state index is 0.239. The summed E-state index contributed by atoms with van der Waals surface area (Å²) in [6.07, 6.45) is 1.57. The van der Waals surface area contributed by atoms with Crippen molar-refractivity contribution in [3.8, 4) is 0 Å². The minimum atomic E-state index is 0.239. The van der Waals surface area contributed by atoms with Crippen LogP contribution in [0.25, 0.3) is 16.7 Å². The molecule has 2 N–H and O–H groups in total. The largest absolute Gasteiger partial charge is 0.446 e. The zero-order valence-electron chi connectivity index (χ0n) is 7.43. The van der Waals surface area contributed by atoms with Crippen molar-refractivity contribution in [2.45, 2.75) is 6.92 Å². The van der Waals surface area contributed by atoms with Crippen molar-refractivity contribution in [1.29, 1.82) is 0 Å². The molecule has 0 fully saturated rings. The van der Waals surface area contributed by atoms with E-state index >= 15 is 0 Å². The minimum Gasteiger partial charge on any atom is -0.446 e. The van der Waals surface area contributed by atoms with Gasteiger partial charge in [0.05, 0.1) is 11.6 Å². The van der Waals surface area contributed by atoms with E-state index in [4.69, 9.17) is 10.2 Å². The van der Waals surface area contributed by atoms with Gasteiger partial charge in [-0.2, -0.15) is 14.5 Å². The van der Waals surface area contributed by atoms with Crippen LogP contribution in [0.15, 0.2) is 16.7 Å². The van der Waals surface area contributed by atoms with Crippen LogP contribution in [0.2, 0.25) is 0 Å². The van der Waals surface area contributed by atoms with Gasteiger partial charge >= 0.3 is 0 Å². The van der Waals surface area contributed by atoms with Crippen LogP contribution in [0, 0.1) is 6.92 Å². The third kappa shape index (κ3) is 0.769. The van der Waals surface area contributed by atoms with Gasteiger partial charge in [0.2, 0.25) is 11.7 Å². The average Bonchev–Trinajstić information content (AvgIpc) is 2.69. The van der Waals surface area contributed by atoms with Gasteiger partial charge in [0.1, 0.15) is 5.82 Å². The number of anilines is 1. The summed E-state index contributed by atoms with van der Waals surface area (Å²) >= 11 is 0. The van der Waals surface area contributed by atoms with E-state index in [1.54, 1.807) is 16.8 Å². The van der Waals surface area contributed by atoms with Crippen molar-refractivity contribution in [3.63, 3.8) is 0 Å². The van der Waals surface area contributed by atoms with E-state index in [2.05, 4.69) is 15.1 Å². The smallest absolute Gasteiger partial charge is 0.240 e. The van der Waals surface area contributed by atoms with Gasteiger partial charge in [0.25, 0.3) is 0 Å². The maximum absolute atomic E-state index is 5.52. The number of fused-ring (bicyclic) bond motifs is 3. The normalized spacial score (nSPS) is 11.5. The van der Waals surface area contributed by atoms with Crippen LogP contribution < -0.4 is 5.73 Å². The highest BCUT2D eigenvalue weighted by atomic mass is 16.3. The summed E-state index contributed by atoms with van der Waals surface area (Å²) in [6, 6.07) is 1.80. The second kappa shape index (κ2) is 2.22. The highest BCUT2D eigenvalue weighted by molar-refractivity contribution is 5.88. The van der Waals surface area contributed by atoms with E-state index < -0.39 is 0 Å². The van der Waals surface area contributed by atoms with Gasteiger partial charge in [0.15, 0.2) is 5.65 Å². The molecule has 0 atom stereocenters. The van der Waals surface area contributed by atoms with Gasteiger partial charge in [-0.05, 0) is 13.0 Å². The van der Waals surface area contributed by atoms with E-state index in [9.17, 15) is 0 Å². The average molecular weight is 189 g/mol. The Labute approximate surface area is 78.4 Å². The van der Waals surface area contributed by atoms with Gasteiger partial charge in [-0.1, -0.05) is 0 Å². The molecule has 3 heterocycles. The Hall–Kier alpha value is -2.11. The summed E-state index contributed by atoms with van der Waals surface area (Å²) in [5.74, 6) is 0.940. The van der Waals surface area contributed by atoms with Crippen molar-refractivity contribution in [2.24, 2.45) is 0 Å². The lowest BCUT2D eigenvalue weighted by Gasteiger charge is -1.95. The molecule has 0 saturated carbocycles. The summed E-state index contributed by atoms with van der Waals surface area (Å²) < 4.78 is 6.79. The molecule has 0 spiro atoms. The Morgan fingerprint density at radius 1 is 1.43 bits per heavy atom. The number of nitrogens with zero attached hydrogens (tertiary/aromatic N) is 4. The van der Waals surface area contributed by atoms with Crippen molar-refractivity contribution in [3.05, 3.63) is 18.2 Å². The molecule has 3 aromatic heterocycles. The summed E-state index contributed by atoms with van der Waals surface area (Å²) in [6.45, 7) is 1.82. The first kappa shape index (κ1) is 7.31. The Morgan fingerprint density at radius 2 is 2.29 bits per heavy atom. The van der Waals surface area contributed by atoms with Crippen LogP contribution in [0.4, 0.5) is 5.95 Å². The fraction of sp³-hybridized carbons (Fsp3) is 0.125. The number of hydrogen-bond donors (Lipinski definition) is 1. The lowest BCUT2D eigenvalue weighted by Crippen LogP contribution is -1.97. The highest BCUT2D eigenvalue weighted by Crippen LogP contribution is 2.19. The number of nitrogens with two attached hydrogens (primary N) is 1. The van der Waals surface area contributed by atoms with E-state index in [1.807, 2.05) is 6.92 Å². The molecule has 0 amide bonds. The number of rotatable bonds is 0. The molecule has 0 bridgehead atoms. The third-order valence-corrected chi connectivity index (χ3v) is 2.08. The Bertz CT molecular complexity index is 623. The lowest BCUT2D eigenvalue weighted by molar-refractivity contribution is 0.599. The van der Waals surface area contributed by atoms with Crippen LogP contribution in [0.5, 0.6) is 0 Å². The summed E-state index contributed by atoms with van der Waals surface area (Å²) in [5.41, 5.74) is 6.75. The van der Waals surface area contributed by atoms with E-state index in [1.165, 1.54) is 0 Å². The molecule has 0 radical (unpaired) electrons. The molecule has 0 aliphatic rings. The molecular formula is C8H7N5O. The quantitative estimate of drug-likeness (QED) is 0.564. The van der Waals surface area contributed by atoms with Crippen molar-refractivity contribution in [1.82, 2.24) is 19.6 Å². The van der Waals surface area contributed by atoms with Gasteiger partial charge < -0.3 is 10.2 Å². The first-order valence-electron chi connectivity index (χ1n) is 4.12. The van der Waals surface area contributed by atoms with Crippen LogP contribution in [-0.2, 0) is 0 Å². The topological polar surface area (TPSA) is 82.2 Å². The number of aryl methyl sites for hydroxylation is 1. The van der Waals surface area contributed by atoms with E-state index in [0.29, 0.717) is 17.2 Å². The molecule has 0 aromatic carbocycles. The fourth-order valence-corrected chi connectivity index (χ4v) is 1.48. The predicted octanol–water partition coefficient (Wildman–Crippen LogP) is 0.761. The van der Waals surface area contributed by atoms with Gasteiger partial charge in [-0.15, -0.1) is 5.10 Å². The molecule has 0 aliphatic heterocycles. The van der Waals surface area contributed by atoms with E-state index in [-0.39, 0.29) is 5.95 Å². The van der Waals surface area contributed by atoms with Crippen molar-refractivity contribution in [2.75, 3.05) is 5.73 Å². The monoisotopic (exact) mass is 189 g/mol. The molecule has 3 rings (SSSR count). The lowest BCUT2D eigenvalue weighted by atomic mass is 10.4. The van der Waals surface area contributed by atoms with Crippen LogP contribution in [0.3, 0.4) is 0 Å². The first-order valence-corrected chi connectivity index (χ1v) is 4.12. The number of hydrogen-bond acceptors (Lipinski definition) is 5. The molecule has 70 valence electrons. The highest BCUT2D eigenvalue weighted by Gasteiger charge is 2.10. The zero-order chi connectivity index (χ0) is 9.71. The van der Waals surface area contributed by atoms with Gasteiger partial charge in [-0.25, -0.2) is 0 Å². The third-order valence-electron chi connectivity index (χ3n) is 2.08. The van der Waals surface area contributed by atoms with Crippen LogP contribution in [-0.4, -0.2) is 19.6 Å². The van der Waals surface area contributed by atoms with Gasteiger partial charge in [0, 0.05) is 0 Å². The predicted molar refractivity (Wildman–Crippen MR) is 49.7 cm³/mol. The zero-order valence-corrected chi connectivity index (χ0v) is 7.43. The SMILES string of the molecule is Cc1nc2occc2c2nc(N)nn12. The molecule has 0 saturated heterocycles. The first-order chi connectivity index (χ1) is 6.75. The van der Waals surface area contributed by atoms with Gasteiger partial charge in [-0.3, -0.25) is 0 Å². The maximum Gasteiger partial charge on any atom is 0.240 e. The molecule has 6 nitrogen and oxygen atoms in total. The number of nitrogen functional groups attached to an aromatic ring is 1. The molecule has 3 aromatic rings. The molecular weight excluding hydrogens is 182 g/mol. The second-order valence-electron chi connectivity index (χ2n) is 3.00. The Balaban J connectivity index is 2.65. The summed E-state index contributed by atoms with van der Waals surface area (Å²) in [4.78, 5) is 8.32. The summed E-state index contributed by atoms with van der Waals surface area (Å²) in [7, 11) is 0. The Kier molecular flexibility index (Phi) is 1.16. The van der Waals surface area contributed by atoms with Crippen LogP contribution in [0.1, 0.15) is 5.82 Å². The fourth-order valence-electron chi connectivity index (χ4n) is 1.48. The summed E-state index contributed by atoms with van der Waals surface area (Å²) in [5, 5.41) is 4.84. The number of aromatic nitrogens is 4. The standard InChI is InChI=1S/C8H7N5O/c1-4-10-7-5(2-3-14-7)6-11-8(9)12-13(4)6/h2-3H,1H3,(H2,9,12). The molecule has 0 unspecified atom stereocenters. The second-order valence-corrected chi connectivity index (χ2v) is 3.00. The molecule has 14 heavy (non-hydrogen) atoms. The Morgan fingerprint density at radius 3 is 3.14 bits per heavy atom. The van der Waals surface area contributed by atoms with Crippen molar-refractivity contribution >= 4 is 22.7 Å². The van der Waals surface area contributed by atoms with E-state index in [0.717, 1.165) is 5.39 Å². The number of furan rings is 1. The maximum atomic E-state index is 5.52. The molecule has 6 heteroatoms. The van der Waals surface area contributed by atoms with Crippen LogP contribution >= 0.6 is 0 Å².